The first-order valence-electron chi connectivity index (χ1n) is 12.6. The number of nitrogens with one attached hydrogen (secondary N) is 3. The number of primary amides is 1. The monoisotopic (exact) mass is 535 g/mol. The number of ether oxygens (including phenoxy) is 2. The van der Waals surface area contributed by atoms with Gasteiger partial charge in [-0.05, 0) is 25.0 Å². The van der Waals surface area contributed by atoms with Crippen LogP contribution in [0.2, 0.25) is 0 Å². The molecule has 3 aromatic rings. The predicted molar refractivity (Wildman–Crippen MR) is 146 cm³/mol. The number of carbonyl (C=O) groups is 3. The normalized spacial score (nSPS) is 12.1. The van der Waals surface area contributed by atoms with Gasteiger partial charge in [-0.15, -0.1) is 0 Å². The van der Waals surface area contributed by atoms with Crippen LogP contribution in [0.25, 0.3) is 0 Å². The quantitative estimate of drug-likeness (QED) is 0.210. The van der Waals surface area contributed by atoms with Crippen LogP contribution in [0.5, 0.6) is 0 Å². The van der Waals surface area contributed by atoms with Gasteiger partial charge in [0.25, 0.3) is 0 Å². The van der Waals surface area contributed by atoms with Crippen molar-refractivity contribution >= 4 is 35.7 Å². The third-order valence-electron chi connectivity index (χ3n) is 5.37. The number of nitrogens with zero attached hydrogens (tertiary/aromatic N) is 3. The highest BCUT2D eigenvalue weighted by molar-refractivity contribution is 5.80. The van der Waals surface area contributed by atoms with Crippen LogP contribution in [-0.4, -0.2) is 64.6 Å². The molecule has 1 aromatic heterocycles. The Kier molecular flexibility index (Phi) is 11.0. The van der Waals surface area contributed by atoms with Gasteiger partial charge in [-0.25, -0.2) is 9.59 Å². The summed E-state index contributed by atoms with van der Waals surface area (Å²) >= 11 is 0. The first-order chi connectivity index (χ1) is 18.9. The molecule has 0 aliphatic heterocycles. The van der Waals surface area contributed by atoms with Gasteiger partial charge in [0.1, 0.15) is 12.1 Å². The largest absolute Gasteiger partial charge is 0.464 e. The van der Waals surface area contributed by atoms with Crippen molar-refractivity contribution in [2.75, 3.05) is 35.7 Å². The Hall–Kier alpha value is -4.74. The van der Waals surface area contributed by atoms with Gasteiger partial charge in [0.05, 0.1) is 19.8 Å². The summed E-state index contributed by atoms with van der Waals surface area (Å²) in [4.78, 5) is 49.9. The number of benzene rings is 2. The van der Waals surface area contributed by atoms with Crippen molar-refractivity contribution in [3.8, 4) is 0 Å². The highest BCUT2D eigenvalue weighted by Gasteiger charge is 2.25. The zero-order chi connectivity index (χ0) is 28.0. The van der Waals surface area contributed by atoms with Gasteiger partial charge in [0, 0.05) is 12.8 Å². The summed E-state index contributed by atoms with van der Waals surface area (Å²) in [5.41, 5.74) is 7.06. The molecule has 39 heavy (non-hydrogen) atoms. The number of rotatable bonds is 15. The molecule has 0 fully saturated rings. The molecule has 0 spiro atoms. The van der Waals surface area contributed by atoms with Crippen molar-refractivity contribution in [1.82, 2.24) is 15.0 Å². The molecule has 5 N–H and O–H groups in total. The summed E-state index contributed by atoms with van der Waals surface area (Å²) in [6.07, 6.45) is 0.606. The SMILES string of the molecule is CCOC(=O)[C@H](Cc1ccccc1)Nc1nc(NCC(N)=O)nc(N[C@@H](Cc2ccccc2)C(=O)OCC)n1. The molecular formula is C27H33N7O5. The topological polar surface area (TPSA) is 170 Å². The summed E-state index contributed by atoms with van der Waals surface area (Å²) in [5.74, 6) is -1.54. The van der Waals surface area contributed by atoms with Crippen LogP contribution >= 0.6 is 0 Å². The number of nitrogens with two attached hydrogens (primary N) is 1. The molecule has 0 saturated heterocycles. The Morgan fingerprint density at radius 1 is 0.718 bits per heavy atom. The van der Waals surface area contributed by atoms with Crippen LogP contribution in [0.15, 0.2) is 60.7 Å². The second-order valence-electron chi connectivity index (χ2n) is 8.40. The van der Waals surface area contributed by atoms with E-state index in [1.165, 1.54) is 0 Å². The summed E-state index contributed by atoms with van der Waals surface area (Å²) in [6.45, 7) is 3.59. The average Bonchev–Trinajstić information content (AvgIpc) is 2.92. The van der Waals surface area contributed by atoms with Crippen molar-refractivity contribution < 1.29 is 23.9 Å². The van der Waals surface area contributed by atoms with Crippen molar-refractivity contribution in [1.29, 1.82) is 0 Å². The van der Waals surface area contributed by atoms with E-state index >= 15 is 0 Å². The lowest BCUT2D eigenvalue weighted by Crippen LogP contribution is -2.36. The molecule has 206 valence electrons. The highest BCUT2D eigenvalue weighted by Crippen LogP contribution is 2.16. The van der Waals surface area contributed by atoms with E-state index in [-0.39, 0.29) is 37.6 Å². The van der Waals surface area contributed by atoms with Crippen LogP contribution in [0, 0.1) is 0 Å². The maximum Gasteiger partial charge on any atom is 0.328 e. The van der Waals surface area contributed by atoms with Crippen molar-refractivity contribution in [2.24, 2.45) is 5.73 Å². The van der Waals surface area contributed by atoms with Crippen LogP contribution in [-0.2, 0) is 36.7 Å². The molecule has 0 unspecified atom stereocenters. The van der Waals surface area contributed by atoms with E-state index < -0.39 is 29.9 Å². The lowest BCUT2D eigenvalue weighted by Gasteiger charge is -2.20. The first kappa shape index (κ1) is 28.8. The maximum atomic E-state index is 12.8. The van der Waals surface area contributed by atoms with Crippen molar-refractivity contribution in [2.45, 2.75) is 38.8 Å². The first-order valence-corrected chi connectivity index (χ1v) is 12.6. The van der Waals surface area contributed by atoms with Gasteiger partial charge in [-0.3, -0.25) is 4.79 Å². The third kappa shape index (κ3) is 9.58. The summed E-state index contributed by atoms with van der Waals surface area (Å²) in [7, 11) is 0. The third-order valence-corrected chi connectivity index (χ3v) is 5.37. The average molecular weight is 536 g/mol. The number of amides is 1. The number of hydrogen-bond acceptors (Lipinski definition) is 11. The number of aromatic nitrogens is 3. The number of hydrogen-bond donors (Lipinski definition) is 4. The second kappa shape index (κ2) is 14.9. The van der Waals surface area contributed by atoms with Crippen LogP contribution in [0.3, 0.4) is 0 Å². The van der Waals surface area contributed by atoms with Crippen LogP contribution in [0.4, 0.5) is 17.8 Å². The molecular weight excluding hydrogens is 502 g/mol. The van der Waals surface area contributed by atoms with E-state index in [4.69, 9.17) is 15.2 Å². The Labute approximate surface area is 226 Å². The smallest absolute Gasteiger partial charge is 0.328 e. The van der Waals surface area contributed by atoms with E-state index in [2.05, 4.69) is 30.9 Å². The molecule has 2 atom stereocenters. The lowest BCUT2D eigenvalue weighted by atomic mass is 10.1. The Morgan fingerprint density at radius 2 is 1.13 bits per heavy atom. The number of carbonyl (C=O) groups excluding carboxylic acids is 3. The van der Waals surface area contributed by atoms with Gasteiger partial charge in [0.2, 0.25) is 23.8 Å². The zero-order valence-electron chi connectivity index (χ0n) is 21.9. The summed E-state index contributed by atoms with van der Waals surface area (Å²) in [6, 6.07) is 17.2. The lowest BCUT2D eigenvalue weighted by molar-refractivity contribution is -0.144. The van der Waals surface area contributed by atoms with Gasteiger partial charge >= 0.3 is 11.9 Å². The van der Waals surface area contributed by atoms with Crippen LogP contribution < -0.4 is 21.7 Å². The van der Waals surface area contributed by atoms with Crippen molar-refractivity contribution in [3.63, 3.8) is 0 Å². The molecule has 0 aliphatic carbocycles. The van der Waals surface area contributed by atoms with E-state index in [0.717, 1.165) is 11.1 Å². The number of esters is 2. The number of anilines is 3. The maximum absolute atomic E-state index is 12.8. The molecule has 0 bridgehead atoms. The second-order valence-corrected chi connectivity index (χ2v) is 8.40. The predicted octanol–water partition coefficient (Wildman–Crippen LogP) is 1.94. The molecule has 0 radical (unpaired) electrons. The Morgan fingerprint density at radius 3 is 1.51 bits per heavy atom. The van der Waals surface area contributed by atoms with Crippen molar-refractivity contribution in [3.05, 3.63) is 71.8 Å². The fourth-order valence-electron chi connectivity index (χ4n) is 3.63. The molecule has 0 saturated carbocycles. The van der Waals surface area contributed by atoms with Gasteiger partial charge in [-0.1, -0.05) is 60.7 Å². The minimum Gasteiger partial charge on any atom is -0.464 e. The molecule has 12 heteroatoms. The van der Waals surface area contributed by atoms with Gasteiger partial charge in [-0.2, -0.15) is 15.0 Å². The molecule has 3 rings (SSSR count). The standard InChI is InChI=1S/C27H33N7O5/c1-3-38-23(36)20(15-18-11-7-5-8-12-18)30-26-32-25(29-17-22(28)35)33-27(34-26)31-21(24(37)39-4-2)16-19-13-9-6-10-14-19/h5-14,20-21H,3-4,15-17H2,1-2H3,(H2,28,35)(H3,29,30,31,32,33,34)/t20-,21-/m0/s1. The van der Waals surface area contributed by atoms with E-state index in [0.29, 0.717) is 12.8 Å². The highest BCUT2D eigenvalue weighted by atomic mass is 16.5. The molecule has 1 amide bonds. The minimum absolute atomic E-state index is 0.0124. The zero-order valence-corrected chi connectivity index (χ0v) is 21.9. The van der Waals surface area contributed by atoms with E-state index in [1.807, 2.05) is 60.7 Å². The molecule has 1 heterocycles. The van der Waals surface area contributed by atoms with Crippen LogP contribution in [0.1, 0.15) is 25.0 Å². The molecule has 2 aromatic carbocycles. The Balaban J connectivity index is 1.91. The molecule has 12 nitrogen and oxygen atoms in total. The minimum atomic E-state index is -0.822. The molecule has 0 aliphatic rings. The van der Waals surface area contributed by atoms with E-state index in [1.54, 1.807) is 13.8 Å². The van der Waals surface area contributed by atoms with Gasteiger partial charge in [0.15, 0.2) is 0 Å². The van der Waals surface area contributed by atoms with E-state index in [9.17, 15) is 14.4 Å². The summed E-state index contributed by atoms with van der Waals surface area (Å²) in [5, 5.41) is 8.75. The Bertz CT molecular complexity index is 1140. The van der Waals surface area contributed by atoms with Gasteiger partial charge < -0.3 is 31.2 Å². The fourth-order valence-corrected chi connectivity index (χ4v) is 3.63. The fraction of sp³-hybridized carbons (Fsp3) is 0.333. The summed E-state index contributed by atoms with van der Waals surface area (Å²) < 4.78 is 10.5.